The number of rotatable bonds is 15. The molecular weight excluding hydrogens is 452 g/mol. The first kappa shape index (κ1) is 26.6. The van der Waals surface area contributed by atoms with Crippen molar-refractivity contribution in [3.63, 3.8) is 0 Å². The third kappa shape index (κ3) is 10.3. The topological polar surface area (TPSA) is 126 Å². The van der Waals surface area contributed by atoms with Crippen molar-refractivity contribution in [2.75, 3.05) is 23.0 Å². The van der Waals surface area contributed by atoms with E-state index in [-0.39, 0.29) is 21.9 Å². The van der Waals surface area contributed by atoms with Crippen LogP contribution in [0.3, 0.4) is 0 Å². The lowest BCUT2D eigenvalue weighted by Crippen LogP contribution is -2.21. The Hall–Kier alpha value is -1.68. The number of H-pyrrole nitrogens is 2. The Morgan fingerprint density at radius 2 is 1.06 bits per heavy atom. The van der Waals surface area contributed by atoms with Crippen LogP contribution in [0.15, 0.2) is 30.8 Å². The van der Waals surface area contributed by atoms with Gasteiger partial charge in [0.2, 0.25) is 0 Å². The fourth-order valence-electron chi connectivity index (χ4n) is 3.23. The predicted molar refractivity (Wildman–Crippen MR) is 128 cm³/mol. The summed E-state index contributed by atoms with van der Waals surface area (Å²) in [6, 6.07) is 2.92. The maximum absolute atomic E-state index is 12.4. The van der Waals surface area contributed by atoms with Gasteiger partial charge in [0, 0.05) is 69.6 Å². The summed E-state index contributed by atoms with van der Waals surface area (Å²) in [5, 5.41) is 4.58. The maximum atomic E-state index is 12.4. The third-order valence-corrected chi connectivity index (χ3v) is 8.69. The number of aryl methyl sites for hydroxylation is 2. The van der Waals surface area contributed by atoms with Crippen LogP contribution in [0, 0.1) is 10.8 Å². The lowest BCUT2D eigenvalue weighted by atomic mass is 9.85. The van der Waals surface area contributed by atoms with Gasteiger partial charge < -0.3 is 9.05 Å². The van der Waals surface area contributed by atoms with Crippen molar-refractivity contribution in [3.05, 3.63) is 44.4 Å². The predicted octanol–water partition coefficient (Wildman–Crippen LogP) is 3.14. The smallest absolute Gasteiger partial charge is 0.280 e. The van der Waals surface area contributed by atoms with Crippen LogP contribution in [0.1, 0.15) is 64.9 Å². The van der Waals surface area contributed by atoms with E-state index in [0.717, 1.165) is 25.7 Å². The zero-order valence-electron chi connectivity index (χ0n) is 19.5. The number of nitrogens with one attached hydrogen (secondary N) is 2. The summed E-state index contributed by atoms with van der Waals surface area (Å²) < 4.78 is 35.0. The first-order valence-electron chi connectivity index (χ1n) is 11.0. The molecule has 0 saturated heterocycles. The van der Waals surface area contributed by atoms with Gasteiger partial charge in [-0.15, -0.1) is 0 Å². The Morgan fingerprint density at radius 3 is 1.38 bits per heavy atom. The average molecular weight is 489 g/mol. The van der Waals surface area contributed by atoms with Gasteiger partial charge in [-0.25, -0.2) is 0 Å². The highest BCUT2D eigenvalue weighted by Crippen LogP contribution is 2.28. The molecule has 0 spiro atoms. The van der Waals surface area contributed by atoms with Crippen LogP contribution in [-0.2, 0) is 34.4 Å². The van der Waals surface area contributed by atoms with E-state index in [0.29, 0.717) is 47.4 Å². The molecule has 2 atom stereocenters. The van der Waals surface area contributed by atoms with Crippen LogP contribution in [0.4, 0.5) is 0 Å². The minimum absolute atomic E-state index is 0.0206. The van der Waals surface area contributed by atoms with Crippen LogP contribution in [0.2, 0.25) is 0 Å². The molecule has 0 aliphatic heterocycles. The number of hydrogen-bond donors (Lipinski definition) is 2. The molecule has 2 aromatic rings. The summed E-state index contributed by atoms with van der Waals surface area (Å²) in [6.07, 6.45) is 4.57. The third-order valence-electron chi connectivity index (χ3n) is 5.80. The zero-order valence-corrected chi connectivity index (χ0v) is 21.1. The van der Waals surface area contributed by atoms with Crippen molar-refractivity contribution in [1.82, 2.24) is 10.3 Å². The molecule has 0 bridgehead atoms. The minimum atomic E-state index is -1.000. The van der Waals surface area contributed by atoms with Crippen LogP contribution >= 0.6 is 0 Å². The van der Waals surface area contributed by atoms with E-state index >= 15 is 0 Å². The standard InChI is InChI=1S/C22H36N2O6S2/c1-21(2,7-5-17-15-19(25)23-29-17)9-11-31(27)13-14-32(28)12-10-22(3,4)8-6-18-16-20(26)24-30-18/h15-16H,5-14H2,1-4H3,(H,23,25)(H,24,26). The van der Waals surface area contributed by atoms with E-state index in [1.807, 2.05) is 0 Å². The molecule has 0 aromatic carbocycles. The van der Waals surface area contributed by atoms with Crippen LogP contribution in [0.5, 0.6) is 0 Å². The summed E-state index contributed by atoms with van der Waals surface area (Å²) in [5.74, 6) is 3.33. The Balaban J connectivity index is 1.62. The van der Waals surface area contributed by atoms with E-state index in [2.05, 4.69) is 38.0 Å². The molecule has 0 aliphatic carbocycles. The molecule has 2 rings (SSSR count). The summed E-state index contributed by atoms with van der Waals surface area (Å²) in [6.45, 7) is 8.48. The molecule has 0 aliphatic rings. The van der Waals surface area contributed by atoms with Gasteiger partial charge in [0.25, 0.3) is 11.1 Å². The van der Waals surface area contributed by atoms with Gasteiger partial charge in [-0.2, -0.15) is 10.3 Å². The normalized spacial score (nSPS) is 14.5. The van der Waals surface area contributed by atoms with Crippen LogP contribution < -0.4 is 11.1 Å². The molecule has 0 saturated carbocycles. The lowest BCUT2D eigenvalue weighted by molar-refractivity contribution is 0.299. The van der Waals surface area contributed by atoms with Crippen molar-refractivity contribution < 1.29 is 17.5 Å². The van der Waals surface area contributed by atoms with Gasteiger partial charge in [-0.1, -0.05) is 27.7 Å². The van der Waals surface area contributed by atoms with Crippen molar-refractivity contribution in [3.8, 4) is 0 Å². The molecular formula is C22H36N2O6S2. The Kier molecular flexibility index (Phi) is 9.94. The van der Waals surface area contributed by atoms with Gasteiger partial charge in [0.1, 0.15) is 11.5 Å². The van der Waals surface area contributed by atoms with Crippen molar-refractivity contribution in [2.45, 2.75) is 66.2 Å². The number of aromatic nitrogens is 2. The fourth-order valence-corrected chi connectivity index (χ4v) is 6.69. The summed E-state index contributed by atoms with van der Waals surface area (Å²) in [5.41, 5.74) is -0.505. The first-order valence-corrected chi connectivity index (χ1v) is 14.0. The Labute approximate surface area is 193 Å². The van der Waals surface area contributed by atoms with Gasteiger partial charge in [-0.05, 0) is 36.5 Å². The lowest BCUT2D eigenvalue weighted by Gasteiger charge is -2.24. The Bertz CT molecular complexity index is 918. The molecule has 2 heterocycles. The summed E-state index contributed by atoms with van der Waals surface area (Å²) in [4.78, 5) is 22.2. The van der Waals surface area contributed by atoms with Crippen molar-refractivity contribution in [2.24, 2.45) is 10.8 Å². The van der Waals surface area contributed by atoms with E-state index in [1.165, 1.54) is 12.1 Å². The molecule has 0 radical (unpaired) electrons. The second kappa shape index (κ2) is 12.0. The van der Waals surface area contributed by atoms with Crippen molar-refractivity contribution >= 4 is 21.6 Å². The van der Waals surface area contributed by atoms with Gasteiger partial charge in [-0.3, -0.25) is 18.0 Å². The second-order valence-corrected chi connectivity index (χ2v) is 13.3. The molecule has 2 N–H and O–H groups in total. The molecule has 2 aromatic heterocycles. The quantitative estimate of drug-likeness (QED) is 0.397. The van der Waals surface area contributed by atoms with Gasteiger partial charge >= 0.3 is 0 Å². The van der Waals surface area contributed by atoms with Crippen molar-refractivity contribution in [1.29, 1.82) is 0 Å². The van der Waals surface area contributed by atoms with E-state index in [1.54, 1.807) is 0 Å². The molecule has 32 heavy (non-hydrogen) atoms. The average Bonchev–Trinajstić information content (AvgIpc) is 3.34. The van der Waals surface area contributed by atoms with E-state index < -0.39 is 21.6 Å². The van der Waals surface area contributed by atoms with Crippen LogP contribution in [-0.4, -0.2) is 41.7 Å². The monoisotopic (exact) mass is 488 g/mol. The fraction of sp³-hybridized carbons (Fsp3) is 0.727. The highest BCUT2D eigenvalue weighted by atomic mass is 32.2. The Morgan fingerprint density at radius 1 is 0.688 bits per heavy atom. The van der Waals surface area contributed by atoms with Gasteiger partial charge in [0.15, 0.2) is 0 Å². The second-order valence-electron chi connectivity index (χ2n) is 9.88. The largest absolute Gasteiger partial charge is 0.384 e. The van der Waals surface area contributed by atoms with Gasteiger partial charge in [0.05, 0.1) is 0 Å². The SMILES string of the molecule is CC(C)(CCc1cc(=O)[nH]o1)CCS(=O)CCS(=O)CCC(C)(C)CCc1cc(=O)[nH]o1. The highest BCUT2D eigenvalue weighted by molar-refractivity contribution is 7.88. The first-order chi connectivity index (χ1) is 14.9. The van der Waals surface area contributed by atoms with Crippen LogP contribution in [0.25, 0.3) is 0 Å². The zero-order chi connectivity index (χ0) is 23.8. The minimum Gasteiger partial charge on any atom is -0.384 e. The highest BCUT2D eigenvalue weighted by Gasteiger charge is 2.22. The van der Waals surface area contributed by atoms with E-state index in [9.17, 15) is 18.0 Å². The molecule has 2 unspecified atom stereocenters. The van der Waals surface area contributed by atoms with E-state index in [4.69, 9.17) is 9.05 Å². The molecule has 182 valence electrons. The number of hydrogen-bond acceptors (Lipinski definition) is 6. The molecule has 0 fully saturated rings. The number of aromatic amines is 2. The summed E-state index contributed by atoms with van der Waals surface area (Å²) >= 11 is 0. The molecule has 0 amide bonds. The maximum Gasteiger partial charge on any atom is 0.280 e. The molecule has 10 heteroatoms. The molecule has 8 nitrogen and oxygen atoms in total. The summed E-state index contributed by atoms with van der Waals surface area (Å²) in [7, 11) is -2.00.